The molecule has 0 aliphatic carbocycles. The third-order valence-corrected chi connectivity index (χ3v) is 3.35. The zero-order valence-electron chi connectivity index (χ0n) is 12.7. The molecule has 1 amide bonds. The SMILES string of the molecule is Cc1cccc(Cn2cccc(C(=O)NC(C)CO)c2=O)c1. The van der Waals surface area contributed by atoms with E-state index in [1.165, 1.54) is 10.6 Å². The van der Waals surface area contributed by atoms with E-state index in [2.05, 4.69) is 5.32 Å². The Hall–Kier alpha value is -2.40. The predicted octanol–water partition coefficient (Wildman–Crippen LogP) is 1.32. The molecule has 1 heterocycles. The molecule has 0 aliphatic heterocycles. The van der Waals surface area contributed by atoms with Gasteiger partial charge in [0.25, 0.3) is 11.5 Å². The van der Waals surface area contributed by atoms with Crippen LogP contribution in [0.25, 0.3) is 0 Å². The van der Waals surface area contributed by atoms with Crippen LogP contribution in [0.15, 0.2) is 47.4 Å². The number of aliphatic hydroxyl groups is 1. The number of carbonyl (C=O) groups excluding carboxylic acids is 1. The Morgan fingerprint density at radius 2 is 2.09 bits per heavy atom. The minimum Gasteiger partial charge on any atom is -0.394 e. The lowest BCUT2D eigenvalue weighted by Gasteiger charge is -2.12. The largest absolute Gasteiger partial charge is 0.394 e. The maximum atomic E-state index is 12.4. The fraction of sp³-hybridized carbons (Fsp3) is 0.294. The summed E-state index contributed by atoms with van der Waals surface area (Å²) in [6.45, 7) is 3.91. The fourth-order valence-corrected chi connectivity index (χ4v) is 2.19. The Kier molecular flexibility index (Phi) is 5.12. The van der Waals surface area contributed by atoms with Crippen LogP contribution < -0.4 is 10.9 Å². The number of carbonyl (C=O) groups is 1. The van der Waals surface area contributed by atoms with Gasteiger partial charge in [-0.05, 0) is 31.5 Å². The third-order valence-electron chi connectivity index (χ3n) is 3.35. The molecule has 0 spiro atoms. The molecule has 0 saturated heterocycles. The lowest BCUT2D eigenvalue weighted by atomic mass is 10.1. The highest BCUT2D eigenvalue weighted by Crippen LogP contribution is 2.05. The fourth-order valence-electron chi connectivity index (χ4n) is 2.19. The van der Waals surface area contributed by atoms with Gasteiger partial charge in [0.05, 0.1) is 13.2 Å². The van der Waals surface area contributed by atoms with Crippen molar-refractivity contribution < 1.29 is 9.90 Å². The summed E-state index contributed by atoms with van der Waals surface area (Å²) in [5.74, 6) is -0.467. The molecule has 0 fully saturated rings. The number of nitrogens with zero attached hydrogens (tertiary/aromatic N) is 1. The first-order valence-corrected chi connectivity index (χ1v) is 7.18. The van der Waals surface area contributed by atoms with Gasteiger partial charge in [-0.25, -0.2) is 0 Å². The molecular weight excluding hydrogens is 280 g/mol. The molecule has 0 saturated carbocycles. The smallest absolute Gasteiger partial charge is 0.263 e. The Labute approximate surface area is 129 Å². The maximum absolute atomic E-state index is 12.4. The van der Waals surface area contributed by atoms with E-state index in [0.29, 0.717) is 6.54 Å². The van der Waals surface area contributed by atoms with Gasteiger partial charge in [0.2, 0.25) is 0 Å². The van der Waals surface area contributed by atoms with Crippen LogP contribution in [0.4, 0.5) is 0 Å². The number of aromatic nitrogens is 1. The highest BCUT2D eigenvalue weighted by molar-refractivity contribution is 5.93. The van der Waals surface area contributed by atoms with Gasteiger partial charge in [-0.3, -0.25) is 9.59 Å². The molecule has 0 aliphatic rings. The first-order valence-electron chi connectivity index (χ1n) is 7.18. The van der Waals surface area contributed by atoms with Gasteiger partial charge in [-0.15, -0.1) is 0 Å². The van der Waals surface area contributed by atoms with Gasteiger partial charge in [-0.2, -0.15) is 0 Å². The molecular formula is C17H20N2O3. The predicted molar refractivity (Wildman–Crippen MR) is 85.0 cm³/mol. The van der Waals surface area contributed by atoms with Crippen molar-refractivity contribution in [3.63, 3.8) is 0 Å². The number of aryl methyl sites for hydroxylation is 1. The van der Waals surface area contributed by atoms with Crippen molar-refractivity contribution in [1.82, 2.24) is 9.88 Å². The summed E-state index contributed by atoms with van der Waals surface area (Å²) in [7, 11) is 0. The van der Waals surface area contributed by atoms with E-state index in [0.717, 1.165) is 11.1 Å². The number of aliphatic hydroxyl groups excluding tert-OH is 1. The van der Waals surface area contributed by atoms with Crippen molar-refractivity contribution >= 4 is 5.91 Å². The zero-order valence-corrected chi connectivity index (χ0v) is 12.7. The second kappa shape index (κ2) is 7.04. The summed E-state index contributed by atoms with van der Waals surface area (Å²) >= 11 is 0. The molecule has 1 aromatic heterocycles. The molecule has 2 rings (SSSR count). The first kappa shape index (κ1) is 16.0. The number of hydrogen-bond acceptors (Lipinski definition) is 3. The molecule has 116 valence electrons. The van der Waals surface area contributed by atoms with Crippen LogP contribution in [0.2, 0.25) is 0 Å². The van der Waals surface area contributed by atoms with Crippen LogP contribution in [0.1, 0.15) is 28.4 Å². The molecule has 2 N–H and O–H groups in total. The van der Waals surface area contributed by atoms with E-state index in [1.807, 2.05) is 31.2 Å². The minimum atomic E-state index is -0.467. The molecule has 0 bridgehead atoms. The van der Waals surface area contributed by atoms with Crippen LogP contribution in [0.3, 0.4) is 0 Å². The summed E-state index contributed by atoms with van der Waals surface area (Å²) in [5, 5.41) is 11.6. The second-order valence-electron chi connectivity index (χ2n) is 5.40. The Morgan fingerprint density at radius 3 is 2.77 bits per heavy atom. The van der Waals surface area contributed by atoms with Crippen LogP contribution >= 0.6 is 0 Å². The van der Waals surface area contributed by atoms with Gasteiger partial charge < -0.3 is 15.0 Å². The standard InChI is InChI=1S/C17H20N2O3/c1-12-5-3-6-14(9-12)10-19-8-4-7-15(17(19)22)16(21)18-13(2)11-20/h3-9,13,20H,10-11H2,1-2H3,(H,18,21). The number of benzene rings is 1. The van der Waals surface area contributed by atoms with Gasteiger partial charge in [0.1, 0.15) is 5.56 Å². The van der Waals surface area contributed by atoms with E-state index in [-0.39, 0.29) is 17.7 Å². The quantitative estimate of drug-likeness (QED) is 0.874. The number of nitrogens with one attached hydrogen (secondary N) is 1. The van der Waals surface area contributed by atoms with Crippen molar-refractivity contribution in [2.24, 2.45) is 0 Å². The van der Waals surface area contributed by atoms with Crippen LogP contribution in [-0.4, -0.2) is 28.2 Å². The summed E-state index contributed by atoms with van der Waals surface area (Å²) in [4.78, 5) is 24.5. The summed E-state index contributed by atoms with van der Waals surface area (Å²) in [6, 6.07) is 10.7. The van der Waals surface area contributed by atoms with Crippen molar-refractivity contribution in [2.75, 3.05) is 6.61 Å². The molecule has 2 aromatic rings. The molecule has 1 aromatic carbocycles. The van der Waals surface area contributed by atoms with Crippen LogP contribution in [0, 0.1) is 6.92 Å². The van der Waals surface area contributed by atoms with E-state index in [1.54, 1.807) is 19.2 Å². The summed E-state index contributed by atoms with van der Waals surface area (Å²) in [5.41, 5.74) is 1.86. The molecule has 1 atom stereocenters. The van der Waals surface area contributed by atoms with Gasteiger partial charge in [-0.1, -0.05) is 29.8 Å². The number of pyridine rings is 1. The lowest BCUT2D eigenvalue weighted by molar-refractivity contribution is 0.0920. The van der Waals surface area contributed by atoms with Gasteiger partial charge in [0.15, 0.2) is 0 Å². The molecule has 0 radical (unpaired) electrons. The van der Waals surface area contributed by atoms with E-state index in [9.17, 15) is 9.59 Å². The van der Waals surface area contributed by atoms with E-state index >= 15 is 0 Å². The minimum absolute atomic E-state index is 0.0791. The average Bonchev–Trinajstić information content (AvgIpc) is 2.49. The number of hydrogen-bond donors (Lipinski definition) is 2. The highest BCUT2D eigenvalue weighted by atomic mass is 16.3. The Morgan fingerprint density at radius 1 is 1.32 bits per heavy atom. The normalized spacial score (nSPS) is 12.0. The van der Waals surface area contributed by atoms with Gasteiger partial charge in [0, 0.05) is 12.2 Å². The van der Waals surface area contributed by atoms with Crippen LogP contribution in [-0.2, 0) is 6.54 Å². The molecule has 1 unspecified atom stereocenters. The zero-order chi connectivity index (χ0) is 16.1. The van der Waals surface area contributed by atoms with Crippen molar-refractivity contribution in [3.8, 4) is 0 Å². The lowest BCUT2D eigenvalue weighted by Crippen LogP contribution is -2.39. The summed E-state index contributed by atoms with van der Waals surface area (Å²) < 4.78 is 1.51. The van der Waals surface area contributed by atoms with Gasteiger partial charge >= 0.3 is 0 Å². The molecule has 5 heteroatoms. The summed E-state index contributed by atoms with van der Waals surface area (Å²) in [6.07, 6.45) is 1.66. The van der Waals surface area contributed by atoms with Crippen molar-refractivity contribution in [2.45, 2.75) is 26.4 Å². The molecule has 22 heavy (non-hydrogen) atoms. The second-order valence-corrected chi connectivity index (χ2v) is 5.40. The Balaban J connectivity index is 2.26. The average molecular weight is 300 g/mol. The number of amides is 1. The third kappa shape index (κ3) is 3.83. The van der Waals surface area contributed by atoms with E-state index in [4.69, 9.17) is 5.11 Å². The van der Waals surface area contributed by atoms with Crippen molar-refractivity contribution in [3.05, 3.63) is 69.6 Å². The highest BCUT2D eigenvalue weighted by Gasteiger charge is 2.14. The van der Waals surface area contributed by atoms with E-state index < -0.39 is 11.9 Å². The first-order chi connectivity index (χ1) is 10.5. The Bertz CT molecular complexity index is 722. The topological polar surface area (TPSA) is 71.3 Å². The van der Waals surface area contributed by atoms with Crippen molar-refractivity contribution in [1.29, 1.82) is 0 Å². The monoisotopic (exact) mass is 300 g/mol. The number of rotatable bonds is 5. The maximum Gasteiger partial charge on any atom is 0.263 e. The molecule has 5 nitrogen and oxygen atoms in total. The van der Waals surface area contributed by atoms with Crippen LogP contribution in [0.5, 0.6) is 0 Å².